The molecule has 1 saturated carbocycles. The maximum Gasteiger partial charge on any atom is 0.408 e. The van der Waals surface area contributed by atoms with Gasteiger partial charge in [0.05, 0.1) is 12.5 Å². The third-order valence-corrected chi connectivity index (χ3v) is 3.57. The summed E-state index contributed by atoms with van der Waals surface area (Å²) in [6.45, 7) is 4.85. The normalized spacial score (nSPS) is 16.2. The van der Waals surface area contributed by atoms with Crippen LogP contribution in [0.3, 0.4) is 0 Å². The van der Waals surface area contributed by atoms with Crippen molar-refractivity contribution in [2.24, 2.45) is 0 Å². The van der Waals surface area contributed by atoms with Crippen LogP contribution in [0.5, 0.6) is 0 Å². The van der Waals surface area contributed by atoms with E-state index in [4.69, 9.17) is 14.7 Å². The van der Waals surface area contributed by atoms with Gasteiger partial charge in [-0.25, -0.2) is 4.79 Å². The Balaban J connectivity index is 2.62. The Kier molecular flexibility index (Phi) is 8.19. The fourth-order valence-corrected chi connectivity index (χ4v) is 2.49. The number of nitrogens with zero attached hydrogens (tertiary/aromatic N) is 1. The molecule has 0 bridgehead atoms. The van der Waals surface area contributed by atoms with E-state index in [2.05, 4.69) is 10.6 Å². The van der Waals surface area contributed by atoms with Crippen molar-refractivity contribution in [3.8, 4) is 6.07 Å². The van der Waals surface area contributed by atoms with Crippen LogP contribution >= 0.6 is 0 Å². The lowest BCUT2D eigenvalue weighted by atomic mass is 9.98. The number of amides is 2. The molecule has 0 aromatic carbocycles. The SMILES string of the molecule is CC(C)(C)OC(=O)N[C@@H](CC(=O)OC1CCCCC1)C(=O)NCC#N. The highest BCUT2D eigenvalue weighted by Gasteiger charge is 2.28. The number of ether oxygens (including phenoxy) is 2. The molecule has 0 spiro atoms. The monoisotopic (exact) mass is 353 g/mol. The summed E-state index contributed by atoms with van der Waals surface area (Å²) in [6.07, 6.45) is 3.54. The van der Waals surface area contributed by atoms with Crippen LogP contribution < -0.4 is 10.6 Å². The van der Waals surface area contributed by atoms with Gasteiger partial charge in [0, 0.05) is 0 Å². The van der Waals surface area contributed by atoms with Crippen molar-refractivity contribution < 1.29 is 23.9 Å². The average Bonchev–Trinajstić information content (AvgIpc) is 2.51. The molecule has 0 aliphatic heterocycles. The molecule has 2 N–H and O–H groups in total. The fraction of sp³-hybridized carbons (Fsp3) is 0.765. The van der Waals surface area contributed by atoms with Gasteiger partial charge in [-0.05, 0) is 46.5 Å². The molecule has 0 aromatic heterocycles. The Labute approximate surface area is 148 Å². The van der Waals surface area contributed by atoms with E-state index >= 15 is 0 Å². The van der Waals surface area contributed by atoms with Crippen LogP contribution in [0.4, 0.5) is 4.79 Å². The number of rotatable bonds is 6. The molecular weight excluding hydrogens is 326 g/mol. The van der Waals surface area contributed by atoms with Crippen molar-refractivity contribution in [3.05, 3.63) is 0 Å². The van der Waals surface area contributed by atoms with E-state index < -0.39 is 29.6 Å². The Bertz CT molecular complexity index is 515. The second-order valence-corrected chi connectivity index (χ2v) is 7.03. The minimum Gasteiger partial charge on any atom is -0.462 e. The molecule has 8 nitrogen and oxygen atoms in total. The number of nitrogens with one attached hydrogen (secondary N) is 2. The molecule has 0 radical (unpaired) electrons. The van der Waals surface area contributed by atoms with E-state index in [0.29, 0.717) is 0 Å². The third-order valence-electron chi connectivity index (χ3n) is 3.57. The number of alkyl carbamates (subject to hydrolysis) is 1. The molecule has 2 amide bonds. The van der Waals surface area contributed by atoms with E-state index in [0.717, 1.165) is 32.1 Å². The molecule has 0 aromatic rings. The highest BCUT2D eigenvalue weighted by molar-refractivity contribution is 5.89. The first-order valence-corrected chi connectivity index (χ1v) is 8.55. The second kappa shape index (κ2) is 9.87. The summed E-state index contributed by atoms with van der Waals surface area (Å²) in [4.78, 5) is 36.1. The fourth-order valence-electron chi connectivity index (χ4n) is 2.49. The zero-order valence-electron chi connectivity index (χ0n) is 15.1. The summed E-state index contributed by atoms with van der Waals surface area (Å²) in [5.41, 5.74) is -0.736. The summed E-state index contributed by atoms with van der Waals surface area (Å²) in [5, 5.41) is 13.3. The molecule has 1 aliphatic carbocycles. The molecule has 140 valence electrons. The van der Waals surface area contributed by atoms with Gasteiger partial charge >= 0.3 is 12.1 Å². The van der Waals surface area contributed by atoms with Gasteiger partial charge in [-0.15, -0.1) is 0 Å². The number of carbonyl (C=O) groups excluding carboxylic acids is 3. The molecule has 1 rings (SSSR count). The maximum absolute atomic E-state index is 12.1. The molecule has 1 aliphatic rings. The second-order valence-electron chi connectivity index (χ2n) is 7.03. The lowest BCUT2D eigenvalue weighted by molar-refractivity contribution is -0.152. The highest BCUT2D eigenvalue weighted by Crippen LogP contribution is 2.20. The molecule has 1 atom stereocenters. The van der Waals surface area contributed by atoms with Gasteiger partial charge in [-0.3, -0.25) is 9.59 Å². The van der Waals surface area contributed by atoms with Gasteiger partial charge in [0.1, 0.15) is 24.3 Å². The lowest BCUT2D eigenvalue weighted by Gasteiger charge is -2.24. The van der Waals surface area contributed by atoms with Crippen LogP contribution in [0.1, 0.15) is 59.3 Å². The van der Waals surface area contributed by atoms with Crippen LogP contribution in [0, 0.1) is 11.3 Å². The maximum atomic E-state index is 12.1. The summed E-state index contributed by atoms with van der Waals surface area (Å²) in [7, 11) is 0. The number of hydrogen-bond donors (Lipinski definition) is 2. The van der Waals surface area contributed by atoms with Crippen LogP contribution in [0.2, 0.25) is 0 Å². The van der Waals surface area contributed by atoms with Crippen molar-refractivity contribution in [2.45, 2.75) is 77.0 Å². The smallest absolute Gasteiger partial charge is 0.408 e. The van der Waals surface area contributed by atoms with E-state index in [-0.39, 0.29) is 19.1 Å². The lowest BCUT2D eigenvalue weighted by Crippen LogP contribution is -2.49. The van der Waals surface area contributed by atoms with Gasteiger partial charge in [0.2, 0.25) is 5.91 Å². The van der Waals surface area contributed by atoms with Gasteiger partial charge < -0.3 is 20.1 Å². The average molecular weight is 353 g/mol. The van der Waals surface area contributed by atoms with Crippen molar-refractivity contribution in [1.29, 1.82) is 5.26 Å². The first-order valence-electron chi connectivity index (χ1n) is 8.55. The van der Waals surface area contributed by atoms with Crippen molar-refractivity contribution >= 4 is 18.0 Å². The minimum absolute atomic E-state index is 0.134. The standard InChI is InChI=1S/C17H27N3O5/c1-17(2,3)25-16(23)20-13(15(22)19-10-9-18)11-14(21)24-12-7-5-4-6-8-12/h12-13H,4-8,10-11H2,1-3H3,(H,19,22)(H,20,23)/t13-/m0/s1. The first kappa shape index (κ1) is 20.7. The summed E-state index contributed by atoms with van der Waals surface area (Å²) < 4.78 is 10.5. The molecule has 8 heteroatoms. The van der Waals surface area contributed by atoms with Crippen LogP contribution in [0.25, 0.3) is 0 Å². The Morgan fingerprint density at radius 2 is 1.84 bits per heavy atom. The largest absolute Gasteiger partial charge is 0.462 e. The van der Waals surface area contributed by atoms with Crippen LogP contribution in [-0.4, -0.2) is 42.3 Å². The van der Waals surface area contributed by atoms with Crippen molar-refractivity contribution in [2.75, 3.05) is 6.54 Å². The zero-order valence-corrected chi connectivity index (χ0v) is 15.1. The number of hydrogen-bond acceptors (Lipinski definition) is 6. The summed E-state index contributed by atoms with van der Waals surface area (Å²) >= 11 is 0. The predicted molar refractivity (Wildman–Crippen MR) is 89.4 cm³/mol. The third kappa shape index (κ3) is 8.94. The predicted octanol–water partition coefficient (Wildman–Crippen LogP) is 1.79. The molecule has 0 unspecified atom stereocenters. The van der Waals surface area contributed by atoms with Crippen LogP contribution in [0.15, 0.2) is 0 Å². The molecule has 1 fully saturated rings. The van der Waals surface area contributed by atoms with Gasteiger partial charge in [-0.1, -0.05) is 6.42 Å². The number of esters is 1. The van der Waals surface area contributed by atoms with E-state index in [1.807, 2.05) is 0 Å². The number of nitriles is 1. The molecular formula is C17H27N3O5. The highest BCUT2D eigenvalue weighted by atomic mass is 16.6. The minimum atomic E-state index is -1.15. The first-order chi connectivity index (χ1) is 11.7. The van der Waals surface area contributed by atoms with E-state index in [1.165, 1.54) is 0 Å². The van der Waals surface area contributed by atoms with Gasteiger partial charge in [-0.2, -0.15) is 5.26 Å². The van der Waals surface area contributed by atoms with Gasteiger partial charge in [0.15, 0.2) is 0 Å². The number of carbonyl (C=O) groups is 3. The van der Waals surface area contributed by atoms with Crippen molar-refractivity contribution in [1.82, 2.24) is 10.6 Å². The molecule has 0 saturated heterocycles. The quantitative estimate of drug-likeness (QED) is 0.555. The Morgan fingerprint density at radius 1 is 1.20 bits per heavy atom. The summed E-state index contributed by atoms with van der Waals surface area (Å²) in [5.74, 6) is -1.19. The molecule has 0 heterocycles. The van der Waals surface area contributed by atoms with E-state index in [1.54, 1.807) is 26.8 Å². The van der Waals surface area contributed by atoms with Crippen LogP contribution in [-0.2, 0) is 19.1 Å². The topological polar surface area (TPSA) is 118 Å². The Hall–Kier alpha value is -2.30. The van der Waals surface area contributed by atoms with E-state index in [9.17, 15) is 14.4 Å². The summed E-state index contributed by atoms with van der Waals surface area (Å²) in [6, 6.07) is 0.619. The Morgan fingerprint density at radius 3 is 2.40 bits per heavy atom. The molecule has 25 heavy (non-hydrogen) atoms. The van der Waals surface area contributed by atoms with Gasteiger partial charge in [0.25, 0.3) is 0 Å². The zero-order chi connectivity index (χ0) is 18.9. The van der Waals surface area contributed by atoms with Crippen molar-refractivity contribution in [3.63, 3.8) is 0 Å².